The van der Waals surface area contributed by atoms with Crippen LogP contribution >= 0.6 is 0 Å². The Morgan fingerprint density at radius 2 is 1.94 bits per heavy atom. The zero-order valence-electron chi connectivity index (χ0n) is 20.4. The first kappa shape index (κ1) is 25.6. The second kappa shape index (κ2) is 10.3. The third-order valence-corrected chi connectivity index (χ3v) is 8.25. The highest BCUT2D eigenvalue weighted by molar-refractivity contribution is 7.89. The molecule has 0 radical (unpaired) electrons. The lowest BCUT2D eigenvalue weighted by molar-refractivity contribution is -0.123. The van der Waals surface area contributed by atoms with Gasteiger partial charge in [-0.05, 0) is 69.5 Å². The molecule has 2 atom stereocenters. The fourth-order valence-corrected chi connectivity index (χ4v) is 6.03. The van der Waals surface area contributed by atoms with Crippen LogP contribution in [-0.4, -0.2) is 56.3 Å². The third kappa shape index (κ3) is 5.21. The molecule has 0 saturated carbocycles. The smallest absolute Gasteiger partial charge is 0.338 e. The van der Waals surface area contributed by atoms with Crippen LogP contribution in [0.15, 0.2) is 41.3 Å². The van der Waals surface area contributed by atoms with Crippen LogP contribution in [-0.2, 0) is 24.3 Å². The normalized spacial score (nSPS) is 20.0. The van der Waals surface area contributed by atoms with Gasteiger partial charge >= 0.3 is 5.97 Å². The number of hydrogen-bond acceptors (Lipinski definition) is 7. The van der Waals surface area contributed by atoms with Gasteiger partial charge in [-0.2, -0.15) is 4.31 Å². The standard InChI is InChI=1S/C25H29N3O7S/c1-4-34-25(31)17-7-9-19(10-8-17)26-24(30)18-6-5-11-28(14-18)36(32,33)22-13-21-20(12-15(22)2)27-23(29)16(3)35-21/h7-10,12-13,16,18H,4-6,11,14H2,1-3H3,(H,26,30)(H,27,29)/t16-,18-/m1/s1. The number of aryl methyl sites for hydroxylation is 1. The molecule has 0 aromatic heterocycles. The number of amides is 2. The molecule has 36 heavy (non-hydrogen) atoms. The summed E-state index contributed by atoms with van der Waals surface area (Å²) in [5.74, 6) is -1.27. The lowest BCUT2D eigenvalue weighted by atomic mass is 9.98. The molecular weight excluding hydrogens is 486 g/mol. The fourth-order valence-electron chi connectivity index (χ4n) is 4.28. The van der Waals surface area contributed by atoms with Gasteiger partial charge in [0.05, 0.1) is 28.7 Å². The first-order valence-corrected chi connectivity index (χ1v) is 13.2. The second-order valence-electron chi connectivity index (χ2n) is 8.85. The predicted octanol–water partition coefficient (Wildman–Crippen LogP) is 2.93. The van der Waals surface area contributed by atoms with E-state index < -0.39 is 28.0 Å². The van der Waals surface area contributed by atoms with Gasteiger partial charge in [0, 0.05) is 24.8 Å². The van der Waals surface area contributed by atoms with Gasteiger partial charge in [-0.3, -0.25) is 9.59 Å². The summed E-state index contributed by atoms with van der Waals surface area (Å²) in [7, 11) is -3.91. The lowest BCUT2D eigenvalue weighted by Crippen LogP contribution is -2.44. The van der Waals surface area contributed by atoms with E-state index >= 15 is 0 Å². The molecule has 0 aliphatic carbocycles. The minimum Gasteiger partial charge on any atom is -0.479 e. The van der Waals surface area contributed by atoms with Crippen LogP contribution in [0.25, 0.3) is 0 Å². The van der Waals surface area contributed by atoms with Crippen LogP contribution in [0.4, 0.5) is 11.4 Å². The molecule has 2 N–H and O–H groups in total. The Morgan fingerprint density at radius 1 is 1.22 bits per heavy atom. The highest BCUT2D eigenvalue weighted by Gasteiger charge is 2.35. The van der Waals surface area contributed by atoms with E-state index in [2.05, 4.69) is 10.6 Å². The van der Waals surface area contributed by atoms with E-state index in [1.54, 1.807) is 51.1 Å². The van der Waals surface area contributed by atoms with Crippen LogP contribution in [0.3, 0.4) is 0 Å². The summed E-state index contributed by atoms with van der Waals surface area (Å²) in [5, 5.41) is 5.53. The number of benzene rings is 2. The Bertz CT molecular complexity index is 1290. The molecule has 2 aliphatic heterocycles. The number of carbonyl (C=O) groups is 3. The quantitative estimate of drug-likeness (QED) is 0.566. The number of esters is 1. The number of nitrogens with one attached hydrogen (secondary N) is 2. The van der Waals surface area contributed by atoms with Crippen LogP contribution in [0.5, 0.6) is 5.75 Å². The van der Waals surface area contributed by atoms with Crippen molar-refractivity contribution in [2.24, 2.45) is 5.92 Å². The van der Waals surface area contributed by atoms with Crippen molar-refractivity contribution in [1.29, 1.82) is 0 Å². The van der Waals surface area contributed by atoms with Crippen LogP contribution in [0.2, 0.25) is 0 Å². The number of fused-ring (bicyclic) bond motifs is 1. The molecule has 0 unspecified atom stereocenters. The minimum absolute atomic E-state index is 0.0413. The van der Waals surface area contributed by atoms with Crippen molar-refractivity contribution >= 4 is 39.2 Å². The molecule has 2 amide bonds. The molecular formula is C25H29N3O7S. The van der Waals surface area contributed by atoms with Crippen molar-refractivity contribution in [1.82, 2.24) is 4.31 Å². The number of piperidine rings is 1. The van der Waals surface area contributed by atoms with Gasteiger partial charge in [-0.1, -0.05) is 0 Å². The number of sulfonamides is 1. The van der Waals surface area contributed by atoms with Gasteiger partial charge in [-0.15, -0.1) is 0 Å². The van der Waals surface area contributed by atoms with E-state index in [4.69, 9.17) is 9.47 Å². The Labute approximate surface area is 210 Å². The number of hydrogen-bond donors (Lipinski definition) is 2. The van der Waals surface area contributed by atoms with E-state index in [1.165, 1.54) is 10.4 Å². The topological polar surface area (TPSA) is 131 Å². The molecule has 10 nitrogen and oxygen atoms in total. The fraction of sp³-hybridized carbons (Fsp3) is 0.400. The van der Waals surface area contributed by atoms with E-state index in [9.17, 15) is 22.8 Å². The van der Waals surface area contributed by atoms with Gasteiger partial charge in [-0.25, -0.2) is 13.2 Å². The molecule has 2 aliphatic rings. The summed E-state index contributed by atoms with van der Waals surface area (Å²) in [4.78, 5) is 36.7. The highest BCUT2D eigenvalue weighted by Crippen LogP contribution is 2.36. The summed E-state index contributed by atoms with van der Waals surface area (Å²) in [6, 6.07) is 9.37. The zero-order chi connectivity index (χ0) is 26.0. The van der Waals surface area contributed by atoms with Crippen LogP contribution in [0.1, 0.15) is 42.6 Å². The Kier molecular flexibility index (Phi) is 7.32. The maximum Gasteiger partial charge on any atom is 0.338 e. The Hall–Kier alpha value is -3.44. The van der Waals surface area contributed by atoms with Crippen molar-refractivity contribution in [3.05, 3.63) is 47.5 Å². The van der Waals surface area contributed by atoms with E-state index in [-0.39, 0.29) is 29.9 Å². The SMILES string of the molecule is CCOC(=O)c1ccc(NC(=O)[C@@H]2CCCN(S(=O)(=O)c3cc4c(cc3C)NC(=O)[C@@H](C)O4)C2)cc1. The maximum atomic E-state index is 13.5. The molecule has 2 aromatic carbocycles. The van der Waals surface area contributed by atoms with Gasteiger partial charge in [0.25, 0.3) is 5.91 Å². The molecule has 4 rings (SSSR count). The van der Waals surface area contributed by atoms with Crippen molar-refractivity contribution in [2.75, 3.05) is 30.3 Å². The van der Waals surface area contributed by atoms with Gasteiger partial charge in [0.1, 0.15) is 5.75 Å². The number of rotatable bonds is 6. The first-order chi connectivity index (χ1) is 17.1. The summed E-state index contributed by atoms with van der Waals surface area (Å²) in [6.07, 6.45) is 0.353. The molecule has 192 valence electrons. The second-order valence-corrected chi connectivity index (χ2v) is 10.8. The number of ether oxygens (including phenoxy) is 2. The molecule has 2 aromatic rings. The Morgan fingerprint density at radius 3 is 2.64 bits per heavy atom. The predicted molar refractivity (Wildman–Crippen MR) is 132 cm³/mol. The highest BCUT2D eigenvalue weighted by atomic mass is 32.2. The summed E-state index contributed by atoms with van der Waals surface area (Å²) in [5.41, 5.74) is 1.79. The minimum atomic E-state index is -3.91. The Balaban J connectivity index is 1.47. The average Bonchev–Trinajstić information content (AvgIpc) is 2.85. The molecule has 11 heteroatoms. The molecule has 0 spiro atoms. The van der Waals surface area contributed by atoms with Crippen molar-refractivity contribution in [3.63, 3.8) is 0 Å². The number of carbonyl (C=O) groups excluding carboxylic acids is 3. The average molecular weight is 516 g/mol. The molecule has 1 saturated heterocycles. The van der Waals surface area contributed by atoms with Crippen molar-refractivity contribution in [2.45, 2.75) is 44.6 Å². The monoisotopic (exact) mass is 515 g/mol. The first-order valence-electron chi connectivity index (χ1n) is 11.8. The number of anilines is 2. The summed E-state index contributed by atoms with van der Waals surface area (Å²) in [6.45, 7) is 5.58. The molecule has 0 bridgehead atoms. The van der Waals surface area contributed by atoms with E-state index in [0.29, 0.717) is 47.6 Å². The van der Waals surface area contributed by atoms with Crippen molar-refractivity contribution < 1.29 is 32.3 Å². The summed E-state index contributed by atoms with van der Waals surface area (Å²) < 4.78 is 38.9. The lowest BCUT2D eigenvalue weighted by Gasteiger charge is -2.32. The largest absolute Gasteiger partial charge is 0.479 e. The summed E-state index contributed by atoms with van der Waals surface area (Å²) >= 11 is 0. The van der Waals surface area contributed by atoms with Crippen LogP contribution in [0, 0.1) is 12.8 Å². The van der Waals surface area contributed by atoms with Gasteiger partial charge in [0.2, 0.25) is 15.9 Å². The molecule has 2 heterocycles. The zero-order valence-corrected chi connectivity index (χ0v) is 21.2. The van der Waals surface area contributed by atoms with E-state index in [0.717, 1.165) is 0 Å². The molecule has 1 fully saturated rings. The maximum absolute atomic E-state index is 13.5. The van der Waals surface area contributed by atoms with Crippen molar-refractivity contribution in [3.8, 4) is 5.75 Å². The van der Waals surface area contributed by atoms with E-state index in [1.807, 2.05) is 0 Å². The van der Waals surface area contributed by atoms with Gasteiger partial charge in [0.15, 0.2) is 6.10 Å². The van der Waals surface area contributed by atoms with Gasteiger partial charge < -0.3 is 20.1 Å². The third-order valence-electron chi connectivity index (χ3n) is 6.24. The van der Waals surface area contributed by atoms with Crippen LogP contribution < -0.4 is 15.4 Å². The number of nitrogens with zero attached hydrogens (tertiary/aromatic N) is 1.